The van der Waals surface area contributed by atoms with E-state index in [0.717, 1.165) is 65.1 Å². The van der Waals surface area contributed by atoms with Crippen LogP contribution in [0.15, 0.2) is 48.1 Å². The first-order chi connectivity index (χ1) is 22.8. The van der Waals surface area contributed by atoms with Gasteiger partial charge < -0.3 is 19.5 Å². The molecule has 8 rings (SSSR count). The fourth-order valence-corrected chi connectivity index (χ4v) is 12.6. The molecule has 1 aromatic carbocycles. The molecule has 2 N–H and O–H groups in total. The standard InChI is InChI=1S/C43H53NO5/c1-22(2)34-37(48)32-31-25(28-20-39(4,5)49-40(6,7)33(28)36(31)47)19-26-27-18-24-13-14-29-41(8,16-11-12-23(3)21-45)30(46)15-17-42(29,9)43(24,10)38(27)44(34)35(26)32/h11-12,16,19-21,24,29-30,33-34,36,46-47H,1,13-15,17-18H2,2-10H3/b16-11+,23-12+/t24-,29-,30-,33+,34-,36+,41-,42-,43+/m0/s1. The lowest BCUT2D eigenvalue weighted by atomic mass is 9.40. The molecule has 2 saturated carbocycles. The van der Waals surface area contributed by atoms with Crippen LogP contribution in [0.1, 0.15) is 133 Å². The lowest BCUT2D eigenvalue weighted by molar-refractivity contribution is -0.144. The number of fused-ring (bicyclic) bond motifs is 11. The van der Waals surface area contributed by atoms with Gasteiger partial charge in [0.2, 0.25) is 0 Å². The summed E-state index contributed by atoms with van der Waals surface area (Å²) in [5.74, 6) is 0.384. The summed E-state index contributed by atoms with van der Waals surface area (Å²) >= 11 is 0. The number of aliphatic hydroxyl groups is 2. The predicted octanol–water partition coefficient (Wildman–Crippen LogP) is 8.30. The van der Waals surface area contributed by atoms with Crippen LogP contribution in [0.25, 0.3) is 16.5 Å². The summed E-state index contributed by atoms with van der Waals surface area (Å²) in [6.45, 7) is 23.5. The second-order valence-electron chi connectivity index (χ2n) is 18.2. The molecule has 4 aliphatic carbocycles. The number of rotatable bonds is 4. The van der Waals surface area contributed by atoms with Crippen molar-refractivity contribution in [1.82, 2.24) is 4.57 Å². The minimum atomic E-state index is -0.845. The Kier molecular flexibility index (Phi) is 6.79. The topological polar surface area (TPSA) is 88.8 Å². The molecule has 2 fully saturated rings. The SMILES string of the molecule is C=C(C)[C@H]1C(=O)c2c3c(cc4c5c(n1c24)[C@@]1(C)[C@@H](CC[C@H]2[C@](C)(/C=C/C=C(\C)C=O)[C@@H](O)CC[C@@]21C)C5)C1=CC(C)(C)OC(C)(C)[C@H]1[C@@H]3O. The van der Waals surface area contributed by atoms with Gasteiger partial charge in [-0.2, -0.15) is 0 Å². The Morgan fingerprint density at radius 3 is 2.45 bits per heavy atom. The average molecular weight is 664 g/mol. The van der Waals surface area contributed by atoms with Crippen molar-refractivity contribution in [3.05, 3.63) is 76.0 Å². The Morgan fingerprint density at radius 2 is 1.78 bits per heavy atom. The van der Waals surface area contributed by atoms with Crippen LogP contribution in [0.3, 0.4) is 0 Å². The first kappa shape index (κ1) is 33.1. The fourth-order valence-electron chi connectivity index (χ4n) is 12.6. The number of aromatic nitrogens is 1. The van der Waals surface area contributed by atoms with Gasteiger partial charge in [-0.05, 0) is 125 Å². The summed E-state index contributed by atoms with van der Waals surface area (Å²) in [6, 6.07) is 1.79. The highest BCUT2D eigenvalue weighted by molar-refractivity contribution is 6.18. The van der Waals surface area contributed by atoms with Crippen molar-refractivity contribution in [3.63, 3.8) is 0 Å². The summed E-state index contributed by atoms with van der Waals surface area (Å²) in [4.78, 5) is 26.2. The number of allylic oxidation sites excluding steroid dienone is 4. The summed E-state index contributed by atoms with van der Waals surface area (Å²) in [6.07, 6.45) is 12.3. The predicted molar refractivity (Wildman–Crippen MR) is 193 cm³/mol. The zero-order chi connectivity index (χ0) is 35.4. The van der Waals surface area contributed by atoms with Crippen molar-refractivity contribution >= 4 is 28.5 Å². The van der Waals surface area contributed by atoms with Gasteiger partial charge in [0.1, 0.15) is 12.3 Å². The average Bonchev–Trinajstić information content (AvgIpc) is 3.67. The number of aliphatic hydroxyl groups excluding tert-OH is 2. The van der Waals surface area contributed by atoms with E-state index in [1.165, 1.54) is 11.3 Å². The molecule has 6 heteroatoms. The third-order valence-electron chi connectivity index (χ3n) is 14.6. The Hall–Kier alpha value is -3.06. The number of Topliss-reactive ketones (excluding diaryl/α,β-unsaturated/α-hetero) is 1. The number of benzene rings is 1. The van der Waals surface area contributed by atoms with E-state index in [-0.39, 0.29) is 28.4 Å². The number of carbonyl (C=O) groups is 2. The first-order valence-electron chi connectivity index (χ1n) is 18.4. The van der Waals surface area contributed by atoms with Crippen molar-refractivity contribution in [2.45, 2.75) is 129 Å². The van der Waals surface area contributed by atoms with Gasteiger partial charge in [-0.15, -0.1) is 0 Å². The van der Waals surface area contributed by atoms with Gasteiger partial charge in [0.05, 0.1) is 34.5 Å². The van der Waals surface area contributed by atoms with Crippen molar-refractivity contribution in [1.29, 1.82) is 0 Å². The molecule has 3 heterocycles. The van der Waals surface area contributed by atoms with Crippen molar-refractivity contribution in [2.24, 2.45) is 28.6 Å². The number of aldehydes is 1. The molecule has 0 amide bonds. The van der Waals surface area contributed by atoms with Gasteiger partial charge in [0.25, 0.3) is 0 Å². The number of nitrogens with zero attached hydrogens (tertiary/aromatic N) is 1. The molecule has 6 nitrogen and oxygen atoms in total. The van der Waals surface area contributed by atoms with Gasteiger partial charge in [-0.25, -0.2) is 0 Å². The molecule has 9 atom stereocenters. The van der Waals surface area contributed by atoms with Crippen LogP contribution < -0.4 is 0 Å². The van der Waals surface area contributed by atoms with Crippen molar-refractivity contribution in [3.8, 4) is 0 Å². The maximum absolute atomic E-state index is 14.8. The smallest absolute Gasteiger partial charge is 0.192 e. The molecule has 49 heavy (non-hydrogen) atoms. The number of hydrogen-bond donors (Lipinski definition) is 2. The van der Waals surface area contributed by atoms with Crippen LogP contribution in [-0.4, -0.2) is 44.2 Å². The number of ketones is 1. The highest BCUT2D eigenvalue weighted by Gasteiger charge is 2.67. The molecule has 0 spiro atoms. The van der Waals surface area contributed by atoms with E-state index >= 15 is 0 Å². The van der Waals surface area contributed by atoms with Gasteiger partial charge in [0, 0.05) is 33.4 Å². The van der Waals surface area contributed by atoms with Crippen LogP contribution in [0.4, 0.5) is 0 Å². The van der Waals surface area contributed by atoms with Crippen LogP contribution in [0.5, 0.6) is 0 Å². The largest absolute Gasteiger partial charge is 0.392 e. The molecule has 0 saturated heterocycles. The number of hydrogen-bond acceptors (Lipinski definition) is 5. The molecule has 1 aromatic heterocycles. The maximum Gasteiger partial charge on any atom is 0.192 e. The van der Waals surface area contributed by atoms with E-state index in [1.807, 2.05) is 19.1 Å². The highest BCUT2D eigenvalue weighted by Crippen LogP contribution is 2.71. The molecule has 2 aliphatic heterocycles. The third-order valence-corrected chi connectivity index (χ3v) is 14.6. The first-order valence-corrected chi connectivity index (χ1v) is 18.4. The Labute approximate surface area is 291 Å². The molecular formula is C43H53NO5. The summed E-state index contributed by atoms with van der Waals surface area (Å²) in [5.41, 5.74) is 6.59. The van der Waals surface area contributed by atoms with Crippen LogP contribution >= 0.6 is 0 Å². The van der Waals surface area contributed by atoms with E-state index in [1.54, 1.807) is 6.92 Å². The van der Waals surface area contributed by atoms with Crippen molar-refractivity contribution < 1.29 is 24.5 Å². The molecule has 2 aromatic rings. The van der Waals surface area contributed by atoms with Gasteiger partial charge in [-0.3, -0.25) is 9.59 Å². The Balaban J connectivity index is 1.38. The van der Waals surface area contributed by atoms with Crippen molar-refractivity contribution in [2.75, 3.05) is 0 Å². The van der Waals surface area contributed by atoms with E-state index in [4.69, 9.17) is 4.74 Å². The normalized spacial score (nSPS) is 39.8. The second kappa shape index (κ2) is 10.0. The molecule has 0 unspecified atom stereocenters. The van der Waals surface area contributed by atoms with Gasteiger partial charge in [0.15, 0.2) is 5.78 Å². The van der Waals surface area contributed by atoms with E-state index in [2.05, 4.69) is 77.8 Å². The van der Waals surface area contributed by atoms with E-state index in [0.29, 0.717) is 23.5 Å². The Morgan fingerprint density at radius 1 is 1.06 bits per heavy atom. The lowest BCUT2D eigenvalue weighted by Gasteiger charge is -2.64. The third kappa shape index (κ3) is 3.94. The monoisotopic (exact) mass is 663 g/mol. The molecule has 6 aliphatic rings. The maximum atomic E-state index is 14.8. The van der Waals surface area contributed by atoms with E-state index < -0.39 is 34.9 Å². The number of carbonyl (C=O) groups excluding carboxylic acids is 2. The van der Waals surface area contributed by atoms with E-state index in [9.17, 15) is 19.8 Å². The zero-order valence-electron chi connectivity index (χ0n) is 30.7. The van der Waals surface area contributed by atoms with Crippen LogP contribution in [0, 0.1) is 28.6 Å². The summed E-state index contributed by atoms with van der Waals surface area (Å²) in [7, 11) is 0. The lowest BCUT2D eigenvalue weighted by Crippen LogP contribution is -2.62. The van der Waals surface area contributed by atoms with Crippen LogP contribution in [-0.2, 0) is 21.4 Å². The zero-order valence-corrected chi connectivity index (χ0v) is 30.7. The molecule has 260 valence electrons. The molecule has 0 radical (unpaired) electrons. The minimum absolute atomic E-state index is 0.0390. The summed E-state index contributed by atoms with van der Waals surface area (Å²) in [5, 5.41) is 24.9. The number of ether oxygens (including phenoxy) is 1. The molecular weight excluding hydrogens is 610 g/mol. The quantitative estimate of drug-likeness (QED) is 0.149. The van der Waals surface area contributed by atoms with Gasteiger partial charge in [-0.1, -0.05) is 51.2 Å². The van der Waals surface area contributed by atoms with Crippen LogP contribution in [0.2, 0.25) is 0 Å². The fraction of sp³-hybridized carbons (Fsp3) is 0.581. The molecule has 0 bridgehead atoms. The summed E-state index contributed by atoms with van der Waals surface area (Å²) < 4.78 is 8.89. The second-order valence-corrected chi connectivity index (χ2v) is 18.2. The van der Waals surface area contributed by atoms with Gasteiger partial charge >= 0.3 is 0 Å². The minimum Gasteiger partial charge on any atom is -0.392 e. The highest BCUT2D eigenvalue weighted by atomic mass is 16.5. The Bertz CT molecular complexity index is 1970.